The van der Waals surface area contributed by atoms with Crippen LogP contribution in [0.1, 0.15) is 17.0 Å². The van der Waals surface area contributed by atoms with Crippen molar-refractivity contribution in [2.24, 2.45) is 0 Å². The van der Waals surface area contributed by atoms with Crippen LogP contribution in [0.25, 0.3) is 0 Å². The maximum atomic E-state index is 10.7. The first-order chi connectivity index (χ1) is 7.15. The Labute approximate surface area is 88.1 Å². The Bertz CT molecular complexity index is 349. The highest BCUT2D eigenvalue weighted by molar-refractivity contribution is 5.81. The molecule has 0 bridgehead atoms. The Morgan fingerprint density at radius 3 is 2.87 bits per heavy atom. The van der Waals surface area contributed by atoms with E-state index in [1.165, 1.54) is 19.4 Å². The van der Waals surface area contributed by atoms with E-state index in [1.54, 1.807) is 0 Å². The molecule has 0 unspecified atom stereocenters. The number of aryl methyl sites for hydroxylation is 2. The highest BCUT2D eigenvalue weighted by atomic mass is 16.5. The van der Waals surface area contributed by atoms with Gasteiger partial charge in [-0.1, -0.05) is 5.16 Å². The van der Waals surface area contributed by atoms with E-state index in [1.807, 2.05) is 13.8 Å². The van der Waals surface area contributed by atoms with Crippen molar-refractivity contribution in [1.29, 1.82) is 0 Å². The monoisotopic (exact) mass is 210 g/mol. The van der Waals surface area contributed by atoms with Crippen LogP contribution in [-0.4, -0.2) is 18.2 Å². The first kappa shape index (κ1) is 11.3. The van der Waals surface area contributed by atoms with E-state index < -0.39 is 0 Å². The summed E-state index contributed by atoms with van der Waals surface area (Å²) >= 11 is 0. The van der Waals surface area contributed by atoms with Crippen LogP contribution in [0.4, 0.5) is 0 Å². The summed E-state index contributed by atoms with van der Waals surface area (Å²) in [6, 6.07) is 0. The summed E-state index contributed by atoms with van der Waals surface area (Å²) in [4.78, 5) is 10.7. The molecule has 1 rings (SSSR count). The summed E-state index contributed by atoms with van der Waals surface area (Å²) < 4.78 is 9.43. The number of carbonyl (C=O) groups is 1. The molecule has 1 N–H and O–H groups in total. The average Bonchev–Trinajstić information content (AvgIpc) is 2.54. The summed E-state index contributed by atoms with van der Waals surface area (Å²) in [6.07, 6.45) is 2.86. The molecule has 1 aromatic rings. The van der Waals surface area contributed by atoms with E-state index in [-0.39, 0.29) is 5.97 Å². The van der Waals surface area contributed by atoms with Gasteiger partial charge in [-0.2, -0.15) is 0 Å². The minimum Gasteiger partial charge on any atom is -0.466 e. The van der Waals surface area contributed by atoms with Gasteiger partial charge in [-0.3, -0.25) is 0 Å². The molecule has 0 fully saturated rings. The third-order valence-corrected chi connectivity index (χ3v) is 2.00. The van der Waals surface area contributed by atoms with E-state index in [0.717, 1.165) is 17.0 Å². The van der Waals surface area contributed by atoms with E-state index in [4.69, 9.17) is 4.52 Å². The Morgan fingerprint density at radius 2 is 2.33 bits per heavy atom. The van der Waals surface area contributed by atoms with E-state index in [0.29, 0.717) is 6.54 Å². The number of rotatable bonds is 4. The molecule has 5 heteroatoms. The highest BCUT2D eigenvalue weighted by Gasteiger charge is 2.06. The van der Waals surface area contributed by atoms with Crippen molar-refractivity contribution in [2.45, 2.75) is 20.4 Å². The number of hydrogen-bond donors (Lipinski definition) is 1. The van der Waals surface area contributed by atoms with Crippen LogP contribution in [0.15, 0.2) is 16.8 Å². The van der Waals surface area contributed by atoms with Crippen molar-refractivity contribution in [1.82, 2.24) is 10.5 Å². The zero-order chi connectivity index (χ0) is 11.3. The van der Waals surface area contributed by atoms with Gasteiger partial charge in [0.2, 0.25) is 0 Å². The normalized spacial score (nSPS) is 10.6. The minimum atomic E-state index is -0.388. The van der Waals surface area contributed by atoms with Gasteiger partial charge < -0.3 is 14.6 Å². The zero-order valence-electron chi connectivity index (χ0n) is 9.03. The van der Waals surface area contributed by atoms with Crippen LogP contribution in [-0.2, 0) is 16.1 Å². The molecule has 0 aliphatic heterocycles. The summed E-state index contributed by atoms with van der Waals surface area (Å²) in [5.41, 5.74) is 1.86. The molecule has 0 saturated heterocycles. The fourth-order valence-corrected chi connectivity index (χ4v) is 1.11. The Morgan fingerprint density at radius 1 is 1.60 bits per heavy atom. The minimum absolute atomic E-state index is 0.388. The number of nitrogens with zero attached hydrogens (tertiary/aromatic N) is 1. The molecule has 5 nitrogen and oxygen atoms in total. The summed E-state index contributed by atoms with van der Waals surface area (Å²) in [7, 11) is 1.33. The van der Waals surface area contributed by atoms with Crippen molar-refractivity contribution < 1.29 is 14.1 Å². The topological polar surface area (TPSA) is 64.4 Å². The fourth-order valence-electron chi connectivity index (χ4n) is 1.11. The first-order valence-electron chi connectivity index (χ1n) is 4.54. The molecular weight excluding hydrogens is 196 g/mol. The quantitative estimate of drug-likeness (QED) is 0.594. The van der Waals surface area contributed by atoms with Crippen LogP contribution >= 0.6 is 0 Å². The number of esters is 1. The van der Waals surface area contributed by atoms with Gasteiger partial charge in [0.25, 0.3) is 0 Å². The zero-order valence-corrected chi connectivity index (χ0v) is 9.03. The van der Waals surface area contributed by atoms with Gasteiger partial charge in [0.05, 0.1) is 12.8 Å². The Balaban J connectivity index is 2.44. The van der Waals surface area contributed by atoms with E-state index in [2.05, 4.69) is 15.2 Å². The predicted molar refractivity (Wildman–Crippen MR) is 54.0 cm³/mol. The van der Waals surface area contributed by atoms with Gasteiger partial charge in [0, 0.05) is 24.4 Å². The van der Waals surface area contributed by atoms with Crippen LogP contribution in [0.5, 0.6) is 0 Å². The number of aromatic nitrogens is 1. The van der Waals surface area contributed by atoms with Gasteiger partial charge in [0.1, 0.15) is 5.76 Å². The van der Waals surface area contributed by atoms with Crippen molar-refractivity contribution in [2.75, 3.05) is 7.11 Å². The fraction of sp³-hybridized carbons (Fsp3) is 0.400. The number of ether oxygens (including phenoxy) is 1. The molecule has 0 aliphatic carbocycles. The van der Waals surface area contributed by atoms with Gasteiger partial charge >= 0.3 is 5.97 Å². The largest absolute Gasteiger partial charge is 0.466 e. The summed E-state index contributed by atoms with van der Waals surface area (Å²) in [5.74, 6) is 0.396. The molecule has 0 amide bonds. The standard InChI is InChI=1S/C10H14N2O3/c1-7-9(8(2)15-12-7)6-11-5-4-10(13)14-3/h4-5,11H,6H2,1-3H3/b5-4+. The summed E-state index contributed by atoms with van der Waals surface area (Å²) in [6.45, 7) is 4.30. The van der Waals surface area contributed by atoms with Gasteiger partial charge in [-0.25, -0.2) is 4.79 Å². The molecule has 82 valence electrons. The number of nitrogens with one attached hydrogen (secondary N) is 1. The van der Waals surface area contributed by atoms with Crippen molar-refractivity contribution in [3.05, 3.63) is 29.3 Å². The lowest BCUT2D eigenvalue weighted by Crippen LogP contribution is -2.07. The van der Waals surface area contributed by atoms with Gasteiger partial charge in [-0.05, 0) is 13.8 Å². The molecule has 0 aromatic carbocycles. The average molecular weight is 210 g/mol. The second-order valence-electron chi connectivity index (χ2n) is 3.04. The van der Waals surface area contributed by atoms with Crippen LogP contribution < -0.4 is 5.32 Å². The molecule has 15 heavy (non-hydrogen) atoms. The first-order valence-corrected chi connectivity index (χ1v) is 4.54. The summed E-state index contributed by atoms with van der Waals surface area (Å²) in [5, 5.41) is 6.77. The number of hydrogen-bond acceptors (Lipinski definition) is 5. The second-order valence-corrected chi connectivity index (χ2v) is 3.04. The maximum absolute atomic E-state index is 10.7. The molecule has 0 saturated carbocycles. The molecule has 0 aliphatic rings. The van der Waals surface area contributed by atoms with Crippen molar-refractivity contribution >= 4 is 5.97 Å². The van der Waals surface area contributed by atoms with Gasteiger partial charge in [-0.15, -0.1) is 0 Å². The third kappa shape index (κ3) is 3.12. The maximum Gasteiger partial charge on any atom is 0.331 e. The third-order valence-electron chi connectivity index (χ3n) is 2.00. The van der Waals surface area contributed by atoms with Gasteiger partial charge in [0.15, 0.2) is 0 Å². The second kappa shape index (κ2) is 5.19. The molecule has 0 atom stereocenters. The molecule has 0 radical (unpaired) electrons. The van der Waals surface area contributed by atoms with Crippen LogP contribution in [0, 0.1) is 13.8 Å². The smallest absolute Gasteiger partial charge is 0.331 e. The highest BCUT2D eigenvalue weighted by Crippen LogP contribution is 2.11. The number of methoxy groups -OCH3 is 1. The van der Waals surface area contributed by atoms with E-state index in [9.17, 15) is 4.79 Å². The number of carbonyl (C=O) groups excluding carboxylic acids is 1. The van der Waals surface area contributed by atoms with Crippen molar-refractivity contribution in [3.63, 3.8) is 0 Å². The molecule has 1 heterocycles. The SMILES string of the molecule is COC(=O)/C=C/NCc1c(C)noc1C. The lowest BCUT2D eigenvalue weighted by molar-refractivity contribution is -0.134. The van der Waals surface area contributed by atoms with E-state index >= 15 is 0 Å². The molecule has 1 aromatic heterocycles. The van der Waals surface area contributed by atoms with Crippen molar-refractivity contribution in [3.8, 4) is 0 Å². The molecular formula is C10H14N2O3. The lowest BCUT2D eigenvalue weighted by Gasteiger charge is -1.99. The van der Waals surface area contributed by atoms with Crippen LogP contribution in [0.3, 0.4) is 0 Å². The lowest BCUT2D eigenvalue weighted by atomic mass is 10.2. The predicted octanol–water partition coefficient (Wildman–Crippen LogP) is 1.07. The Kier molecular flexibility index (Phi) is 3.91. The Hall–Kier alpha value is -1.78. The van der Waals surface area contributed by atoms with Crippen LogP contribution in [0.2, 0.25) is 0 Å². The molecule has 0 spiro atoms.